The SMILES string of the molecule is c1ccc(-c2ccc3c4c(cccc24)-c2ccccc2-3)c(-c2ccc3cc4c(cc3c2)C2(c3ccccc3-c3ccccc32)c2c-4c3ccccc3c3ccccc23)c1. The zero-order chi connectivity index (χ0) is 38.4. The number of benzene rings is 11. The summed E-state index contributed by atoms with van der Waals surface area (Å²) in [5.74, 6) is 0. The molecule has 0 fully saturated rings. The van der Waals surface area contributed by atoms with Crippen molar-refractivity contribution < 1.29 is 0 Å². The minimum absolute atomic E-state index is 0.466. The van der Waals surface area contributed by atoms with Crippen LogP contribution >= 0.6 is 0 Å². The Hall–Kier alpha value is -7.54. The van der Waals surface area contributed by atoms with Crippen molar-refractivity contribution in [2.45, 2.75) is 5.41 Å². The predicted octanol–water partition coefficient (Wildman–Crippen LogP) is 15.6. The molecule has 0 saturated heterocycles. The van der Waals surface area contributed by atoms with Crippen LogP contribution in [0.3, 0.4) is 0 Å². The maximum atomic E-state index is 2.55. The van der Waals surface area contributed by atoms with E-state index < -0.39 is 5.41 Å². The Kier molecular flexibility index (Phi) is 6.05. The van der Waals surface area contributed by atoms with Gasteiger partial charge in [0.1, 0.15) is 0 Å². The zero-order valence-electron chi connectivity index (χ0n) is 32.1. The number of rotatable bonds is 2. The van der Waals surface area contributed by atoms with Gasteiger partial charge in [-0.3, -0.25) is 0 Å². The fraction of sp³-hybridized carbons (Fsp3) is 0.0169. The van der Waals surface area contributed by atoms with Crippen LogP contribution in [0.1, 0.15) is 22.3 Å². The van der Waals surface area contributed by atoms with Gasteiger partial charge >= 0.3 is 0 Å². The molecule has 0 aromatic heterocycles. The van der Waals surface area contributed by atoms with Gasteiger partial charge in [0.2, 0.25) is 0 Å². The molecule has 1 spiro atoms. The fourth-order valence-corrected chi connectivity index (χ4v) is 11.7. The highest BCUT2D eigenvalue weighted by atomic mass is 14.5. The minimum atomic E-state index is -0.466. The number of fused-ring (bicyclic) bond motifs is 19. The van der Waals surface area contributed by atoms with E-state index in [2.05, 4.69) is 206 Å². The second-order valence-corrected chi connectivity index (χ2v) is 16.6. The molecule has 59 heavy (non-hydrogen) atoms. The van der Waals surface area contributed by atoms with Crippen molar-refractivity contribution in [3.63, 3.8) is 0 Å². The molecule has 0 heterocycles. The molecular formula is C59H34. The van der Waals surface area contributed by atoms with Crippen molar-refractivity contribution in [1.82, 2.24) is 0 Å². The zero-order valence-corrected chi connectivity index (χ0v) is 32.1. The summed E-state index contributed by atoms with van der Waals surface area (Å²) in [5, 5.41) is 10.4. The van der Waals surface area contributed by atoms with Gasteiger partial charge in [-0.25, -0.2) is 0 Å². The van der Waals surface area contributed by atoms with Gasteiger partial charge in [-0.15, -0.1) is 0 Å². The lowest BCUT2D eigenvalue weighted by Gasteiger charge is -2.32. The smallest absolute Gasteiger partial charge is 0.0619 e. The van der Waals surface area contributed by atoms with Gasteiger partial charge in [0.05, 0.1) is 5.41 Å². The summed E-state index contributed by atoms with van der Waals surface area (Å²) in [7, 11) is 0. The molecule has 11 aromatic carbocycles. The molecule has 0 radical (unpaired) electrons. The molecule has 0 amide bonds. The molecule has 3 aliphatic carbocycles. The maximum Gasteiger partial charge on any atom is 0.0731 e. The first-order valence-corrected chi connectivity index (χ1v) is 20.8. The number of hydrogen-bond donors (Lipinski definition) is 0. The van der Waals surface area contributed by atoms with Crippen molar-refractivity contribution in [2.75, 3.05) is 0 Å². The fourth-order valence-electron chi connectivity index (χ4n) is 11.7. The summed E-state index contributed by atoms with van der Waals surface area (Å²) in [5.41, 5.74) is 20.7. The number of hydrogen-bond acceptors (Lipinski definition) is 0. The van der Waals surface area contributed by atoms with Crippen LogP contribution in [0.15, 0.2) is 206 Å². The Morgan fingerprint density at radius 1 is 0.254 bits per heavy atom. The van der Waals surface area contributed by atoms with Gasteiger partial charge < -0.3 is 0 Å². The molecule has 0 heteroatoms. The molecule has 0 atom stereocenters. The molecule has 0 unspecified atom stereocenters. The van der Waals surface area contributed by atoms with Crippen LogP contribution in [0.4, 0.5) is 0 Å². The van der Waals surface area contributed by atoms with Crippen LogP contribution < -0.4 is 0 Å². The average Bonchev–Trinajstić information content (AvgIpc) is 3.91. The monoisotopic (exact) mass is 742 g/mol. The van der Waals surface area contributed by atoms with Crippen molar-refractivity contribution in [1.29, 1.82) is 0 Å². The molecule has 0 bridgehead atoms. The van der Waals surface area contributed by atoms with Gasteiger partial charge in [0.25, 0.3) is 0 Å². The molecular weight excluding hydrogens is 709 g/mol. The Labute approximate surface area is 342 Å². The van der Waals surface area contributed by atoms with E-state index in [1.807, 2.05) is 0 Å². The Morgan fingerprint density at radius 3 is 1.47 bits per heavy atom. The average molecular weight is 743 g/mol. The lowest BCUT2D eigenvalue weighted by Crippen LogP contribution is -2.26. The molecule has 0 N–H and O–H groups in total. The first-order chi connectivity index (χ1) is 29.3. The lowest BCUT2D eigenvalue weighted by atomic mass is 9.69. The van der Waals surface area contributed by atoms with E-state index in [0.29, 0.717) is 0 Å². The standard InChI is InChI=1S/C59H34/c1-2-15-39(44-30-31-50-41-17-4-3-16-40(41)47-24-13-25-48(44)56(47)50)38(14-1)36-29-28-35-33-52-55(34-37(35)32-36)59(53-26-11-9-20-45(53)46-21-10-12-27-54(46)59)58-51-23-8-6-19-43(51)42-18-5-7-22-49(42)57(52)58/h1-34H. The Balaban J connectivity index is 1.04. The van der Waals surface area contributed by atoms with Crippen molar-refractivity contribution in [2.24, 2.45) is 0 Å². The van der Waals surface area contributed by atoms with Crippen LogP contribution in [0.25, 0.3) is 110 Å². The van der Waals surface area contributed by atoms with Gasteiger partial charge in [-0.05, 0) is 150 Å². The van der Waals surface area contributed by atoms with E-state index in [-0.39, 0.29) is 0 Å². The molecule has 0 nitrogen and oxygen atoms in total. The highest BCUT2D eigenvalue weighted by molar-refractivity contribution is 6.21. The molecule has 270 valence electrons. The first-order valence-electron chi connectivity index (χ1n) is 20.8. The Bertz CT molecular complexity index is 3600. The second-order valence-electron chi connectivity index (χ2n) is 16.6. The minimum Gasteiger partial charge on any atom is -0.0619 e. The summed E-state index contributed by atoms with van der Waals surface area (Å²) in [6.07, 6.45) is 0. The Morgan fingerprint density at radius 2 is 0.763 bits per heavy atom. The molecule has 0 saturated carbocycles. The van der Waals surface area contributed by atoms with E-state index in [1.54, 1.807) is 0 Å². The van der Waals surface area contributed by atoms with Crippen molar-refractivity contribution >= 4 is 43.1 Å². The third kappa shape index (κ3) is 3.89. The second kappa shape index (κ2) is 11.3. The summed E-state index contributed by atoms with van der Waals surface area (Å²) in [4.78, 5) is 0. The van der Waals surface area contributed by atoms with Crippen LogP contribution in [0.5, 0.6) is 0 Å². The van der Waals surface area contributed by atoms with Gasteiger partial charge in [0.15, 0.2) is 0 Å². The highest BCUT2D eigenvalue weighted by Gasteiger charge is 2.53. The van der Waals surface area contributed by atoms with E-state index in [0.717, 1.165) is 0 Å². The van der Waals surface area contributed by atoms with Gasteiger partial charge in [0, 0.05) is 0 Å². The molecule has 14 rings (SSSR count). The highest BCUT2D eigenvalue weighted by Crippen LogP contribution is 2.66. The lowest BCUT2D eigenvalue weighted by molar-refractivity contribution is 0.803. The largest absolute Gasteiger partial charge is 0.0731 e. The van der Waals surface area contributed by atoms with Crippen molar-refractivity contribution in [3.8, 4) is 66.8 Å². The van der Waals surface area contributed by atoms with Gasteiger partial charge in [-0.2, -0.15) is 0 Å². The molecule has 0 aliphatic heterocycles. The van der Waals surface area contributed by atoms with E-state index >= 15 is 0 Å². The van der Waals surface area contributed by atoms with E-state index in [9.17, 15) is 0 Å². The normalized spacial score (nSPS) is 13.6. The summed E-state index contributed by atoms with van der Waals surface area (Å²) in [6.45, 7) is 0. The van der Waals surface area contributed by atoms with E-state index in [4.69, 9.17) is 0 Å². The van der Waals surface area contributed by atoms with Crippen molar-refractivity contribution in [3.05, 3.63) is 229 Å². The summed E-state index contributed by atoms with van der Waals surface area (Å²) < 4.78 is 0. The molecule has 3 aliphatic rings. The molecule has 11 aromatic rings. The topological polar surface area (TPSA) is 0 Å². The van der Waals surface area contributed by atoms with Crippen LogP contribution in [-0.2, 0) is 5.41 Å². The summed E-state index contributed by atoms with van der Waals surface area (Å²) >= 11 is 0. The quantitative estimate of drug-likeness (QED) is 0.155. The van der Waals surface area contributed by atoms with Crippen LogP contribution in [0.2, 0.25) is 0 Å². The maximum absolute atomic E-state index is 2.55. The van der Waals surface area contributed by atoms with Crippen LogP contribution in [0, 0.1) is 0 Å². The van der Waals surface area contributed by atoms with Crippen LogP contribution in [-0.4, -0.2) is 0 Å². The van der Waals surface area contributed by atoms with E-state index in [1.165, 1.54) is 132 Å². The third-order valence-electron chi connectivity index (χ3n) is 14.0. The third-order valence-corrected chi connectivity index (χ3v) is 14.0. The first kappa shape index (κ1) is 31.5. The summed E-state index contributed by atoms with van der Waals surface area (Å²) in [6, 6.07) is 78.1. The predicted molar refractivity (Wildman–Crippen MR) is 248 cm³/mol. The van der Waals surface area contributed by atoms with Gasteiger partial charge in [-0.1, -0.05) is 188 Å².